The molecule has 0 spiro atoms. The van der Waals surface area contributed by atoms with Gasteiger partial charge in [-0.15, -0.1) is 0 Å². The number of benzene rings is 2. The minimum atomic E-state index is -0.703. The number of nitrogens with zero attached hydrogens (tertiary/aromatic N) is 1. The second-order valence-corrected chi connectivity index (χ2v) is 9.02. The van der Waals surface area contributed by atoms with Gasteiger partial charge in [0.25, 0.3) is 5.91 Å². The molecule has 1 aromatic heterocycles. The van der Waals surface area contributed by atoms with Crippen molar-refractivity contribution in [1.29, 1.82) is 0 Å². The average Bonchev–Trinajstić information content (AvgIpc) is 3.15. The van der Waals surface area contributed by atoms with Crippen molar-refractivity contribution >= 4 is 34.4 Å². The smallest absolute Gasteiger partial charge is 0.306 e. The molecule has 2 N–H and O–H groups in total. The summed E-state index contributed by atoms with van der Waals surface area (Å²) in [6.45, 7) is 3.24. The van der Waals surface area contributed by atoms with Gasteiger partial charge >= 0.3 is 5.97 Å². The fourth-order valence-corrected chi connectivity index (χ4v) is 4.66. The van der Waals surface area contributed by atoms with Gasteiger partial charge in [0.05, 0.1) is 17.0 Å². The van der Waals surface area contributed by atoms with E-state index in [9.17, 15) is 9.59 Å². The normalized spacial score (nSPS) is 18.8. The third kappa shape index (κ3) is 4.93. The first-order valence-corrected chi connectivity index (χ1v) is 11.1. The molecule has 1 fully saturated rings. The molecule has 1 heterocycles. The van der Waals surface area contributed by atoms with Crippen molar-refractivity contribution in [2.24, 2.45) is 11.8 Å². The number of hydrogen-bond donors (Lipinski definition) is 2. The van der Waals surface area contributed by atoms with E-state index in [0.717, 1.165) is 34.9 Å². The molecule has 162 valence electrons. The van der Waals surface area contributed by atoms with Gasteiger partial charge in [-0.3, -0.25) is 9.59 Å². The van der Waals surface area contributed by atoms with Crippen LogP contribution in [0.25, 0.3) is 10.9 Å². The van der Waals surface area contributed by atoms with Crippen LogP contribution in [-0.4, -0.2) is 28.1 Å². The lowest BCUT2D eigenvalue weighted by molar-refractivity contribution is -0.143. The summed E-state index contributed by atoms with van der Waals surface area (Å²) in [6.07, 6.45) is 5.08. The topological polar surface area (TPSA) is 71.3 Å². The number of halogens is 1. The van der Waals surface area contributed by atoms with Crippen LogP contribution >= 0.6 is 11.6 Å². The fraction of sp³-hybridized carbons (Fsp3) is 0.360. The van der Waals surface area contributed by atoms with E-state index in [4.69, 9.17) is 16.7 Å². The number of amides is 1. The Morgan fingerprint density at radius 1 is 1.10 bits per heavy atom. The highest BCUT2D eigenvalue weighted by Gasteiger charge is 2.26. The molecule has 0 bridgehead atoms. The number of aryl methyl sites for hydroxylation is 1. The lowest BCUT2D eigenvalue weighted by Crippen LogP contribution is -2.32. The Hall–Kier alpha value is -2.79. The number of carboxylic acids is 1. The van der Waals surface area contributed by atoms with Crippen molar-refractivity contribution in [3.05, 3.63) is 70.4 Å². The van der Waals surface area contributed by atoms with Crippen LogP contribution in [0.15, 0.2) is 48.7 Å². The number of carboxylic acid groups (broad SMARTS) is 1. The molecule has 2 aromatic carbocycles. The van der Waals surface area contributed by atoms with Gasteiger partial charge in [0, 0.05) is 29.7 Å². The number of nitrogens with one attached hydrogen (secondary N) is 1. The van der Waals surface area contributed by atoms with E-state index < -0.39 is 5.97 Å². The number of carbonyl (C=O) groups is 2. The minimum Gasteiger partial charge on any atom is -0.481 e. The zero-order valence-electron chi connectivity index (χ0n) is 17.6. The summed E-state index contributed by atoms with van der Waals surface area (Å²) in [5.41, 5.74) is 3.76. The van der Waals surface area contributed by atoms with Gasteiger partial charge in [-0.05, 0) is 80.0 Å². The van der Waals surface area contributed by atoms with Crippen molar-refractivity contribution in [3.8, 4) is 0 Å². The minimum absolute atomic E-state index is 0.0786. The largest absolute Gasteiger partial charge is 0.481 e. The Bertz CT molecular complexity index is 1100. The number of aromatic nitrogens is 1. The third-order valence-corrected chi connectivity index (χ3v) is 6.52. The van der Waals surface area contributed by atoms with Crippen LogP contribution in [0.3, 0.4) is 0 Å². The highest BCUT2D eigenvalue weighted by atomic mass is 35.5. The molecule has 4 rings (SSSR count). The standard InChI is InChI=1S/C25H27ClN2O3/c1-16-12-20-10-11-28(15-18-4-8-21(26)9-5-18)23(20)22(13-16)24(29)27-14-17-2-6-19(7-3-17)25(30)31/h4-5,8-13,17,19H,2-3,6-7,14-15H2,1H3,(H,27,29)(H,30,31)/t17-,19-. The van der Waals surface area contributed by atoms with Gasteiger partial charge in [0.1, 0.15) is 0 Å². The molecule has 1 saturated carbocycles. The van der Waals surface area contributed by atoms with Crippen LogP contribution < -0.4 is 5.32 Å². The summed E-state index contributed by atoms with van der Waals surface area (Å²) in [5.74, 6) is -0.684. The monoisotopic (exact) mass is 438 g/mol. The first-order valence-electron chi connectivity index (χ1n) is 10.8. The Kier molecular flexibility index (Phi) is 6.33. The highest BCUT2D eigenvalue weighted by Crippen LogP contribution is 2.29. The molecule has 0 aliphatic heterocycles. The fourth-order valence-electron chi connectivity index (χ4n) is 4.54. The molecule has 6 heteroatoms. The molecule has 1 amide bonds. The van der Waals surface area contributed by atoms with Crippen LogP contribution in [-0.2, 0) is 11.3 Å². The summed E-state index contributed by atoms with van der Waals surface area (Å²) in [7, 11) is 0. The van der Waals surface area contributed by atoms with E-state index in [-0.39, 0.29) is 11.8 Å². The third-order valence-electron chi connectivity index (χ3n) is 6.26. The van der Waals surface area contributed by atoms with Crippen LogP contribution in [0.4, 0.5) is 0 Å². The van der Waals surface area contributed by atoms with Crippen LogP contribution in [0, 0.1) is 18.8 Å². The van der Waals surface area contributed by atoms with Gasteiger partial charge in [0.15, 0.2) is 0 Å². The molecular weight excluding hydrogens is 412 g/mol. The average molecular weight is 439 g/mol. The van der Waals surface area contributed by atoms with Crippen molar-refractivity contribution in [1.82, 2.24) is 9.88 Å². The summed E-state index contributed by atoms with van der Waals surface area (Å²) < 4.78 is 2.10. The van der Waals surface area contributed by atoms with E-state index in [0.29, 0.717) is 42.4 Å². The number of aliphatic carboxylic acids is 1. The summed E-state index contributed by atoms with van der Waals surface area (Å²) in [5, 5.41) is 14.0. The van der Waals surface area contributed by atoms with Gasteiger partial charge in [0.2, 0.25) is 0 Å². The molecule has 0 atom stereocenters. The first-order chi connectivity index (χ1) is 14.9. The Morgan fingerprint density at radius 3 is 2.48 bits per heavy atom. The maximum atomic E-state index is 13.1. The van der Waals surface area contributed by atoms with Gasteiger partial charge in [-0.25, -0.2) is 0 Å². The Morgan fingerprint density at radius 2 is 1.81 bits per heavy atom. The first kappa shape index (κ1) is 21.4. The number of fused-ring (bicyclic) bond motifs is 1. The molecule has 31 heavy (non-hydrogen) atoms. The number of rotatable bonds is 6. The Balaban J connectivity index is 1.51. The number of carbonyl (C=O) groups excluding carboxylic acids is 1. The van der Waals surface area contributed by atoms with Crippen molar-refractivity contribution < 1.29 is 14.7 Å². The van der Waals surface area contributed by atoms with E-state index >= 15 is 0 Å². The van der Waals surface area contributed by atoms with Crippen LogP contribution in [0.2, 0.25) is 5.02 Å². The zero-order valence-corrected chi connectivity index (χ0v) is 18.4. The van der Waals surface area contributed by atoms with Gasteiger partial charge in [-0.2, -0.15) is 0 Å². The maximum absolute atomic E-state index is 13.1. The lowest BCUT2D eigenvalue weighted by Gasteiger charge is -2.26. The molecule has 1 aliphatic rings. The lowest BCUT2D eigenvalue weighted by atomic mass is 9.82. The molecule has 0 saturated heterocycles. The van der Waals surface area contributed by atoms with Crippen LogP contribution in [0.1, 0.15) is 47.2 Å². The molecule has 0 radical (unpaired) electrons. The number of hydrogen-bond acceptors (Lipinski definition) is 2. The summed E-state index contributed by atoms with van der Waals surface area (Å²) in [4.78, 5) is 24.3. The molecular formula is C25H27ClN2O3. The predicted octanol–water partition coefficient (Wildman–Crippen LogP) is 5.27. The predicted molar refractivity (Wildman–Crippen MR) is 123 cm³/mol. The van der Waals surface area contributed by atoms with E-state index in [2.05, 4.69) is 16.0 Å². The van der Waals surface area contributed by atoms with Crippen LogP contribution in [0.5, 0.6) is 0 Å². The van der Waals surface area contributed by atoms with Crippen molar-refractivity contribution in [2.45, 2.75) is 39.2 Å². The zero-order chi connectivity index (χ0) is 22.0. The van der Waals surface area contributed by atoms with E-state index in [1.54, 1.807) is 0 Å². The second kappa shape index (κ2) is 9.15. The quantitative estimate of drug-likeness (QED) is 0.550. The van der Waals surface area contributed by atoms with E-state index in [1.807, 2.05) is 49.5 Å². The second-order valence-electron chi connectivity index (χ2n) is 8.59. The SMILES string of the molecule is Cc1cc(C(=O)NC[C@H]2CC[C@H](C(=O)O)CC2)c2c(ccn2Cc2ccc(Cl)cc2)c1. The maximum Gasteiger partial charge on any atom is 0.306 e. The molecule has 5 nitrogen and oxygen atoms in total. The van der Waals surface area contributed by atoms with Crippen molar-refractivity contribution in [3.63, 3.8) is 0 Å². The van der Waals surface area contributed by atoms with Crippen molar-refractivity contribution in [2.75, 3.05) is 6.54 Å². The molecule has 3 aromatic rings. The summed E-state index contributed by atoms with van der Waals surface area (Å²) in [6, 6.07) is 13.8. The molecule has 0 unspecified atom stereocenters. The summed E-state index contributed by atoms with van der Waals surface area (Å²) >= 11 is 6.01. The van der Waals surface area contributed by atoms with Gasteiger partial charge < -0.3 is 15.0 Å². The highest BCUT2D eigenvalue weighted by molar-refractivity contribution is 6.30. The van der Waals surface area contributed by atoms with Gasteiger partial charge in [-0.1, -0.05) is 23.7 Å². The Labute approximate surface area is 187 Å². The van der Waals surface area contributed by atoms with E-state index in [1.165, 1.54) is 0 Å². The molecule has 1 aliphatic carbocycles.